The number of nitrogens with zero attached hydrogens (tertiary/aromatic N) is 2. The zero-order chi connectivity index (χ0) is 18.1. The molecule has 1 fully saturated rings. The van der Waals surface area contributed by atoms with E-state index in [0.29, 0.717) is 5.92 Å². The third-order valence-corrected chi connectivity index (χ3v) is 6.64. The monoisotopic (exact) mass is 368 g/mol. The smallest absolute Gasteiger partial charge is 0.148 e. The minimum absolute atomic E-state index is 0.666. The van der Waals surface area contributed by atoms with Gasteiger partial charge in [-0.1, -0.05) is 6.07 Å². The third kappa shape index (κ3) is 3.43. The van der Waals surface area contributed by atoms with E-state index in [9.17, 15) is 0 Å². The van der Waals surface area contributed by atoms with Crippen molar-refractivity contribution in [2.24, 2.45) is 0 Å². The summed E-state index contributed by atoms with van der Waals surface area (Å²) < 4.78 is 0. The Balaban J connectivity index is 1.57. The Morgan fingerprint density at radius 2 is 2.04 bits per heavy atom. The number of H-pyrrole nitrogens is 1. The number of benzene rings is 1. The highest BCUT2D eigenvalue weighted by Gasteiger charge is 2.21. The maximum Gasteiger partial charge on any atom is 0.148 e. The topological polar surface area (TPSA) is 44.0 Å². The number of aryl methyl sites for hydroxylation is 2. The van der Waals surface area contributed by atoms with Gasteiger partial charge in [0.15, 0.2) is 0 Å². The molecule has 0 unspecified atom stereocenters. The molecule has 2 aromatic heterocycles. The van der Waals surface area contributed by atoms with Crippen molar-refractivity contribution in [3.63, 3.8) is 0 Å². The molecule has 0 bridgehead atoms. The quantitative estimate of drug-likeness (QED) is 0.705. The number of rotatable bonds is 5. The highest BCUT2D eigenvalue weighted by atomic mass is 32.1. The molecule has 1 aromatic carbocycles. The largest absolute Gasteiger partial charge is 0.337 e. The first-order chi connectivity index (χ1) is 12.7. The van der Waals surface area contributed by atoms with Crippen molar-refractivity contribution in [2.45, 2.75) is 32.6 Å². The summed E-state index contributed by atoms with van der Waals surface area (Å²) in [5.41, 5.74) is 6.34. The molecule has 1 aliphatic rings. The molecule has 0 spiro atoms. The van der Waals surface area contributed by atoms with E-state index < -0.39 is 0 Å². The summed E-state index contributed by atoms with van der Waals surface area (Å²) in [6, 6.07) is 6.87. The molecular weight excluding hydrogens is 340 g/mol. The van der Waals surface area contributed by atoms with E-state index in [2.05, 4.69) is 52.6 Å². The predicted octanol–water partition coefficient (Wildman–Crippen LogP) is 4.31. The van der Waals surface area contributed by atoms with Crippen LogP contribution in [0.2, 0.25) is 0 Å². The molecule has 138 valence electrons. The van der Waals surface area contributed by atoms with Crippen LogP contribution >= 0.6 is 11.3 Å². The van der Waals surface area contributed by atoms with Crippen molar-refractivity contribution in [3.8, 4) is 10.7 Å². The molecule has 0 radical (unpaired) electrons. The van der Waals surface area contributed by atoms with Crippen molar-refractivity contribution < 1.29 is 0 Å². The standard InChI is InChI=1S/C21H28N4S/c1-14-6-11-26-20(14)21-23-18-13-17(12-15(2)19(18)24-21)16-4-8-25(9-5-16)10-7-22-3/h6,11-13,16,22H,4-5,7-10H2,1-3H3,(H,23,24). The highest BCUT2D eigenvalue weighted by Crippen LogP contribution is 2.33. The van der Waals surface area contributed by atoms with Gasteiger partial charge in [-0.15, -0.1) is 11.3 Å². The van der Waals surface area contributed by atoms with Gasteiger partial charge < -0.3 is 15.2 Å². The number of hydrogen-bond donors (Lipinski definition) is 2. The SMILES string of the molecule is CNCCN1CCC(c2cc(C)c3nc(-c4sccc4C)[nH]c3c2)CC1. The van der Waals surface area contributed by atoms with Gasteiger partial charge in [0.05, 0.1) is 15.9 Å². The third-order valence-electron chi connectivity index (χ3n) is 5.61. The van der Waals surface area contributed by atoms with E-state index >= 15 is 0 Å². The molecule has 0 amide bonds. The maximum atomic E-state index is 4.89. The normalized spacial score (nSPS) is 16.6. The van der Waals surface area contributed by atoms with Gasteiger partial charge >= 0.3 is 0 Å². The van der Waals surface area contributed by atoms with E-state index in [1.54, 1.807) is 11.3 Å². The highest BCUT2D eigenvalue weighted by molar-refractivity contribution is 7.13. The number of likely N-dealkylation sites (N-methyl/N-ethyl adjacent to an activating group) is 1. The van der Waals surface area contributed by atoms with Crippen molar-refractivity contribution in [3.05, 3.63) is 40.3 Å². The summed E-state index contributed by atoms with van der Waals surface area (Å²) >= 11 is 1.76. The van der Waals surface area contributed by atoms with E-state index in [-0.39, 0.29) is 0 Å². The van der Waals surface area contributed by atoms with Crippen LogP contribution in [0.4, 0.5) is 0 Å². The molecule has 4 rings (SSSR count). The van der Waals surface area contributed by atoms with Gasteiger partial charge in [-0.05, 0) is 86.9 Å². The fraction of sp³-hybridized carbons (Fsp3) is 0.476. The number of aromatic nitrogens is 2. The van der Waals surface area contributed by atoms with Crippen molar-refractivity contribution in [2.75, 3.05) is 33.2 Å². The zero-order valence-corrected chi connectivity index (χ0v) is 16.7. The van der Waals surface area contributed by atoms with Crippen LogP contribution in [-0.4, -0.2) is 48.1 Å². The van der Waals surface area contributed by atoms with Crippen molar-refractivity contribution in [1.82, 2.24) is 20.2 Å². The molecule has 1 aliphatic heterocycles. The average Bonchev–Trinajstić information content (AvgIpc) is 3.26. The van der Waals surface area contributed by atoms with Crippen LogP contribution in [0.25, 0.3) is 21.7 Å². The fourth-order valence-corrected chi connectivity index (χ4v) is 4.91. The first-order valence-electron chi connectivity index (χ1n) is 9.57. The van der Waals surface area contributed by atoms with Gasteiger partial charge in [0.25, 0.3) is 0 Å². The van der Waals surface area contributed by atoms with Gasteiger partial charge in [-0.2, -0.15) is 0 Å². The number of piperidine rings is 1. The molecule has 26 heavy (non-hydrogen) atoms. The molecule has 0 atom stereocenters. The molecule has 2 N–H and O–H groups in total. The van der Waals surface area contributed by atoms with Gasteiger partial charge in [-0.3, -0.25) is 0 Å². The fourth-order valence-electron chi connectivity index (χ4n) is 4.04. The maximum absolute atomic E-state index is 4.89. The van der Waals surface area contributed by atoms with Gasteiger partial charge in [-0.25, -0.2) is 4.98 Å². The summed E-state index contributed by atoms with van der Waals surface area (Å²) in [6.07, 6.45) is 2.50. The Kier molecular flexibility index (Phi) is 5.11. The van der Waals surface area contributed by atoms with Gasteiger partial charge in [0, 0.05) is 13.1 Å². The minimum atomic E-state index is 0.666. The first-order valence-corrected chi connectivity index (χ1v) is 10.5. The lowest BCUT2D eigenvalue weighted by Gasteiger charge is -2.32. The summed E-state index contributed by atoms with van der Waals surface area (Å²) in [6.45, 7) is 8.98. The van der Waals surface area contributed by atoms with Crippen molar-refractivity contribution in [1.29, 1.82) is 0 Å². The van der Waals surface area contributed by atoms with Gasteiger partial charge in [0.2, 0.25) is 0 Å². The molecule has 0 aliphatic carbocycles. The molecule has 1 saturated heterocycles. The molecule has 4 nitrogen and oxygen atoms in total. The number of likely N-dealkylation sites (tertiary alicyclic amines) is 1. The summed E-state index contributed by atoms with van der Waals surface area (Å²) in [5.74, 6) is 1.67. The van der Waals surface area contributed by atoms with Crippen molar-refractivity contribution >= 4 is 22.4 Å². The van der Waals surface area contributed by atoms with Crippen LogP contribution in [0.15, 0.2) is 23.6 Å². The minimum Gasteiger partial charge on any atom is -0.337 e. The van der Waals surface area contributed by atoms with Crippen LogP contribution in [0.3, 0.4) is 0 Å². The second-order valence-corrected chi connectivity index (χ2v) is 8.39. The molecular formula is C21H28N4S. The summed E-state index contributed by atoms with van der Waals surface area (Å²) in [5, 5.41) is 5.39. The van der Waals surface area contributed by atoms with Crippen LogP contribution in [0.5, 0.6) is 0 Å². The Labute approximate surface area is 159 Å². The Bertz CT molecular complexity index is 887. The average molecular weight is 369 g/mol. The number of hydrogen-bond acceptors (Lipinski definition) is 4. The van der Waals surface area contributed by atoms with E-state index in [1.807, 2.05) is 7.05 Å². The van der Waals surface area contributed by atoms with E-state index in [1.165, 1.54) is 53.0 Å². The van der Waals surface area contributed by atoms with E-state index in [4.69, 9.17) is 4.98 Å². The number of fused-ring (bicyclic) bond motifs is 1. The Morgan fingerprint density at radius 3 is 2.73 bits per heavy atom. The predicted molar refractivity (Wildman–Crippen MR) is 111 cm³/mol. The second-order valence-electron chi connectivity index (χ2n) is 7.47. The summed E-state index contributed by atoms with van der Waals surface area (Å²) in [7, 11) is 2.03. The second kappa shape index (κ2) is 7.51. The Hall–Kier alpha value is -1.69. The lowest BCUT2D eigenvalue weighted by atomic mass is 9.88. The lowest BCUT2D eigenvalue weighted by Crippen LogP contribution is -2.37. The molecule has 0 saturated carbocycles. The number of thiophene rings is 1. The van der Waals surface area contributed by atoms with Crippen LogP contribution < -0.4 is 5.32 Å². The van der Waals surface area contributed by atoms with Crippen LogP contribution in [0.1, 0.15) is 35.4 Å². The number of imidazole rings is 1. The molecule has 5 heteroatoms. The summed E-state index contributed by atoms with van der Waals surface area (Å²) in [4.78, 5) is 12.3. The van der Waals surface area contributed by atoms with Gasteiger partial charge in [0.1, 0.15) is 5.82 Å². The zero-order valence-electron chi connectivity index (χ0n) is 15.9. The van der Waals surface area contributed by atoms with Crippen LogP contribution in [-0.2, 0) is 0 Å². The number of aromatic amines is 1. The molecule has 3 aromatic rings. The molecule has 3 heterocycles. The van der Waals surface area contributed by atoms with E-state index in [0.717, 1.165) is 24.4 Å². The number of nitrogens with one attached hydrogen (secondary N) is 2. The Morgan fingerprint density at radius 1 is 1.23 bits per heavy atom. The first kappa shape index (κ1) is 17.7. The lowest BCUT2D eigenvalue weighted by molar-refractivity contribution is 0.214. The van der Waals surface area contributed by atoms with Crippen LogP contribution in [0, 0.1) is 13.8 Å².